The molecule has 0 atom stereocenters. The van der Waals surface area contributed by atoms with Crippen molar-refractivity contribution in [1.29, 1.82) is 0 Å². The van der Waals surface area contributed by atoms with Crippen LogP contribution in [0.15, 0.2) is 18.2 Å². The average molecular weight is 194 g/mol. The number of carboxylic acids is 1. The van der Waals surface area contributed by atoms with Gasteiger partial charge in [-0.05, 0) is 17.2 Å². The Kier molecular flexibility index (Phi) is 4.10. The number of ether oxygens (including phenoxy) is 1. The molecule has 1 radical (unpaired) electrons. The largest absolute Gasteiger partial charge is 0.480 e. The first-order chi connectivity index (χ1) is 6.72. The first kappa shape index (κ1) is 10.7. The second-order valence-corrected chi connectivity index (χ2v) is 2.79. The normalized spacial score (nSPS) is 10.1. The van der Waals surface area contributed by atoms with Crippen LogP contribution in [-0.2, 0) is 22.7 Å². The molecule has 0 fully saturated rings. The number of rotatable bonds is 5. The van der Waals surface area contributed by atoms with Gasteiger partial charge in [0.05, 0.1) is 6.61 Å². The predicted octanol–water partition coefficient (Wildman–Crippen LogP) is 0.547. The first-order valence-electron chi connectivity index (χ1n) is 4.22. The summed E-state index contributed by atoms with van der Waals surface area (Å²) < 4.78 is 4.91. The molecule has 0 unspecified atom stereocenters. The monoisotopic (exact) mass is 194 g/mol. The molecular formula is C10H12NO3. The Balaban J connectivity index is 2.46. The minimum atomic E-state index is -0.972. The fraction of sp³-hybridized carbons (Fsp3) is 0.300. The van der Waals surface area contributed by atoms with E-state index in [1.54, 1.807) is 0 Å². The van der Waals surface area contributed by atoms with E-state index in [2.05, 4.69) is 6.07 Å². The molecule has 0 aliphatic rings. The standard InChI is InChI=1S/C10H12NO3/c11-5-8-2-1-3-9(4-8)6-14-7-10(12)13/h1-3H,5-7,11H2,(H,12,13). The lowest BCUT2D eigenvalue weighted by molar-refractivity contribution is -0.142. The molecule has 0 saturated carbocycles. The van der Waals surface area contributed by atoms with Crippen LogP contribution in [0.25, 0.3) is 0 Å². The fourth-order valence-corrected chi connectivity index (χ4v) is 1.02. The molecule has 0 saturated heterocycles. The summed E-state index contributed by atoms with van der Waals surface area (Å²) in [5.41, 5.74) is 7.13. The van der Waals surface area contributed by atoms with E-state index in [9.17, 15) is 4.79 Å². The zero-order valence-electron chi connectivity index (χ0n) is 7.69. The van der Waals surface area contributed by atoms with Gasteiger partial charge in [-0.3, -0.25) is 0 Å². The highest BCUT2D eigenvalue weighted by Crippen LogP contribution is 2.04. The number of carbonyl (C=O) groups is 1. The van der Waals surface area contributed by atoms with Crippen LogP contribution in [0.4, 0.5) is 0 Å². The molecule has 0 bridgehead atoms. The van der Waals surface area contributed by atoms with Gasteiger partial charge >= 0.3 is 5.97 Å². The van der Waals surface area contributed by atoms with Gasteiger partial charge in [-0.15, -0.1) is 0 Å². The highest BCUT2D eigenvalue weighted by molar-refractivity contribution is 5.67. The van der Waals surface area contributed by atoms with E-state index in [0.29, 0.717) is 6.54 Å². The van der Waals surface area contributed by atoms with E-state index in [-0.39, 0.29) is 13.2 Å². The van der Waals surface area contributed by atoms with Crippen molar-refractivity contribution in [3.63, 3.8) is 0 Å². The molecule has 0 aromatic heterocycles. The molecule has 0 heterocycles. The van der Waals surface area contributed by atoms with Crippen molar-refractivity contribution in [2.45, 2.75) is 13.2 Å². The van der Waals surface area contributed by atoms with E-state index in [0.717, 1.165) is 11.1 Å². The second-order valence-electron chi connectivity index (χ2n) is 2.79. The zero-order valence-corrected chi connectivity index (χ0v) is 7.69. The molecule has 75 valence electrons. The maximum Gasteiger partial charge on any atom is 0.329 e. The lowest BCUT2D eigenvalue weighted by atomic mass is 10.1. The third kappa shape index (κ3) is 3.55. The van der Waals surface area contributed by atoms with Gasteiger partial charge in [0.25, 0.3) is 0 Å². The van der Waals surface area contributed by atoms with Crippen molar-refractivity contribution >= 4 is 5.97 Å². The van der Waals surface area contributed by atoms with Crippen molar-refractivity contribution < 1.29 is 14.6 Å². The van der Waals surface area contributed by atoms with Crippen molar-refractivity contribution in [3.05, 3.63) is 35.4 Å². The molecule has 0 amide bonds. The van der Waals surface area contributed by atoms with Crippen LogP contribution < -0.4 is 5.73 Å². The summed E-state index contributed by atoms with van der Waals surface area (Å²) in [5, 5.41) is 8.34. The molecule has 1 aromatic carbocycles. The summed E-state index contributed by atoms with van der Waals surface area (Å²) in [6.07, 6.45) is 0. The predicted molar refractivity (Wildman–Crippen MR) is 50.5 cm³/mol. The number of aliphatic carboxylic acids is 1. The molecule has 14 heavy (non-hydrogen) atoms. The maximum atomic E-state index is 10.2. The lowest BCUT2D eigenvalue weighted by Crippen LogP contribution is -2.07. The van der Waals surface area contributed by atoms with Gasteiger partial charge in [-0.1, -0.05) is 18.2 Å². The first-order valence-corrected chi connectivity index (χ1v) is 4.22. The maximum absolute atomic E-state index is 10.2. The van der Waals surface area contributed by atoms with Crippen LogP contribution in [0.1, 0.15) is 11.1 Å². The van der Waals surface area contributed by atoms with Gasteiger partial charge in [0.2, 0.25) is 0 Å². The van der Waals surface area contributed by atoms with Crippen LogP contribution in [0.3, 0.4) is 0 Å². The second kappa shape index (κ2) is 5.36. The summed E-state index contributed by atoms with van der Waals surface area (Å²) in [4.78, 5) is 10.2. The zero-order chi connectivity index (χ0) is 10.4. The van der Waals surface area contributed by atoms with Crippen molar-refractivity contribution in [2.24, 2.45) is 5.73 Å². The highest BCUT2D eigenvalue weighted by atomic mass is 16.5. The van der Waals surface area contributed by atoms with Crippen molar-refractivity contribution in [2.75, 3.05) is 6.61 Å². The number of nitrogens with two attached hydrogens (primary N) is 1. The van der Waals surface area contributed by atoms with E-state index < -0.39 is 5.97 Å². The van der Waals surface area contributed by atoms with Crippen LogP contribution in [0.5, 0.6) is 0 Å². The van der Waals surface area contributed by atoms with E-state index >= 15 is 0 Å². The van der Waals surface area contributed by atoms with Crippen LogP contribution in [0.2, 0.25) is 0 Å². The lowest BCUT2D eigenvalue weighted by Gasteiger charge is -2.02. The van der Waals surface area contributed by atoms with Gasteiger partial charge in [-0.2, -0.15) is 0 Å². The summed E-state index contributed by atoms with van der Waals surface area (Å²) in [5.74, 6) is -0.972. The third-order valence-corrected chi connectivity index (χ3v) is 1.62. The fourth-order valence-electron chi connectivity index (χ4n) is 1.02. The Morgan fingerprint density at radius 3 is 2.86 bits per heavy atom. The van der Waals surface area contributed by atoms with Gasteiger partial charge in [0.15, 0.2) is 0 Å². The van der Waals surface area contributed by atoms with Crippen molar-refractivity contribution in [3.8, 4) is 0 Å². The smallest absolute Gasteiger partial charge is 0.329 e. The minimum Gasteiger partial charge on any atom is -0.480 e. The van der Waals surface area contributed by atoms with Gasteiger partial charge < -0.3 is 15.6 Å². The molecule has 1 aromatic rings. The molecular weight excluding hydrogens is 182 g/mol. The number of benzene rings is 1. The molecule has 4 nitrogen and oxygen atoms in total. The Morgan fingerprint density at radius 1 is 1.50 bits per heavy atom. The molecule has 3 N–H and O–H groups in total. The Bertz CT molecular complexity index is 312. The topological polar surface area (TPSA) is 72.5 Å². The van der Waals surface area contributed by atoms with Crippen molar-refractivity contribution in [1.82, 2.24) is 0 Å². The SMILES string of the molecule is NCc1[c]c(COCC(=O)O)ccc1. The summed E-state index contributed by atoms with van der Waals surface area (Å²) >= 11 is 0. The molecule has 0 spiro atoms. The quantitative estimate of drug-likeness (QED) is 0.717. The minimum absolute atomic E-state index is 0.250. The number of hydrogen-bond acceptors (Lipinski definition) is 3. The van der Waals surface area contributed by atoms with E-state index in [4.69, 9.17) is 15.6 Å². The molecule has 0 aliphatic carbocycles. The van der Waals surface area contributed by atoms with Gasteiger partial charge in [0, 0.05) is 6.54 Å². The number of hydrogen-bond donors (Lipinski definition) is 2. The van der Waals surface area contributed by atoms with Crippen LogP contribution >= 0.6 is 0 Å². The Hall–Kier alpha value is -1.39. The van der Waals surface area contributed by atoms with E-state index in [1.807, 2.05) is 18.2 Å². The Labute approximate surface area is 82.3 Å². The van der Waals surface area contributed by atoms with Gasteiger partial charge in [0.1, 0.15) is 6.61 Å². The third-order valence-electron chi connectivity index (χ3n) is 1.62. The highest BCUT2D eigenvalue weighted by Gasteiger charge is 1.98. The molecule has 1 rings (SSSR count). The Morgan fingerprint density at radius 2 is 2.21 bits per heavy atom. The molecule has 0 aliphatic heterocycles. The summed E-state index contributed by atoms with van der Waals surface area (Å²) in [7, 11) is 0. The van der Waals surface area contributed by atoms with E-state index in [1.165, 1.54) is 0 Å². The summed E-state index contributed by atoms with van der Waals surface area (Å²) in [6, 6.07) is 8.55. The van der Waals surface area contributed by atoms with Gasteiger partial charge in [-0.25, -0.2) is 4.79 Å². The van der Waals surface area contributed by atoms with Crippen LogP contribution in [-0.4, -0.2) is 17.7 Å². The number of carboxylic acid groups (broad SMARTS) is 1. The summed E-state index contributed by atoms with van der Waals surface area (Å²) in [6.45, 7) is 0.383. The van der Waals surface area contributed by atoms with Crippen LogP contribution in [0, 0.1) is 6.07 Å². The average Bonchev–Trinajstić information content (AvgIpc) is 2.18. The molecule has 4 heteroatoms.